The van der Waals surface area contributed by atoms with Crippen LogP contribution < -0.4 is 0 Å². The molecule has 0 bridgehead atoms. The highest BCUT2D eigenvalue weighted by Crippen LogP contribution is 2.16. The zero-order valence-electron chi connectivity index (χ0n) is 8.53. The Morgan fingerprint density at radius 3 is 1.31 bits per heavy atom. The van der Waals surface area contributed by atoms with Crippen molar-refractivity contribution in [3.63, 3.8) is 0 Å². The van der Waals surface area contributed by atoms with Crippen molar-refractivity contribution in [3.8, 4) is 0 Å². The van der Waals surface area contributed by atoms with E-state index in [4.69, 9.17) is 0 Å². The molecule has 4 nitrogen and oxygen atoms in total. The van der Waals surface area contributed by atoms with E-state index in [1.165, 1.54) is 9.80 Å². The monoisotopic (exact) mass is 204 g/mol. The molecule has 0 fully saturated rings. The van der Waals surface area contributed by atoms with E-state index >= 15 is 0 Å². The molecule has 76 valence electrons. The lowest BCUT2D eigenvalue weighted by atomic mass is 10.8. The van der Waals surface area contributed by atoms with Gasteiger partial charge in [0.05, 0.1) is 0 Å². The number of sulfone groups is 1. The van der Waals surface area contributed by atoms with Crippen LogP contribution >= 0.6 is 0 Å². The fourth-order valence-electron chi connectivity index (χ4n) is 0.617. The molecular formula is C8H16N2O2S. The van der Waals surface area contributed by atoms with Crippen LogP contribution in [0.3, 0.4) is 0 Å². The summed E-state index contributed by atoms with van der Waals surface area (Å²) < 4.78 is 23.3. The van der Waals surface area contributed by atoms with Gasteiger partial charge in [-0.2, -0.15) is 0 Å². The zero-order chi connectivity index (χ0) is 10.8. The summed E-state index contributed by atoms with van der Waals surface area (Å²) in [5.74, 6) is 0. The van der Waals surface area contributed by atoms with E-state index in [0.717, 1.165) is 0 Å². The Hall–Kier alpha value is -0.970. The van der Waals surface area contributed by atoms with Gasteiger partial charge >= 0.3 is 0 Å². The maximum atomic E-state index is 11.6. The van der Waals surface area contributed by atoms with Crippen molar-refractivity contribution < 1.29 is 8.42 Å². The highest BCUT2D eigenvalue weighted by Gasteiger charge is 2.22. The second kappa shape index (κ2) is 3.83. The Kier molecular flexibility index (Phi) is 3.54. The predicted molar refractivity (Wildman–Crippen MR) is 54.6 cm³/mol. The minimum Gasteiger partial charge on any atom is -0.369 e. The van der Waals surface area contributed by atoms with Crippen molar-refractivity contribution in [2.24, 2.45) is 0 Å². The van der Waals surface area contributed by atoms with Gasteiger partial charge in [-0.25, -0.2) is 8.42 Å². The number of hydrogen-bond acceptors (Lipinski definition) is 4. The van der Waals surface area contributed by atoms with Gasteiger partial charge in [0.25, 0.3) is 0 Å². The van der Waals surface area contributed by atoms with Gasteiger partial charge in [-0.05, 0) is 0 Å². The van der Waals surface area contributed by atoms with Gasteiger partial charge < -0.3 is 9.80 Å². The lowest BCUT2D eigenvalue weighted by molar-refractivity contribution is 0.503. The van der Waals surface area contributed by atoms with Gasteiger partial charge in [0.1, 0.15) is 10.1 Å². The molecule has 0 spiro atoms. The molecule has 0 unspecified atom stereocenters. The van der Waals surface area contributed by atoms with Crippen LogP contribution in [0, 0.1) is 0 Å². The third kappa shape index (κ3) is 2.48. The summed E-state index contributed by atoms with van der Waals surface area (Å²) in [7, 11) is 3.04. The van der Waals surface area contributed by atoms with Crippen LogP contribution in [-0.4, -0.2) is 46.4 Å². The average molecular weight is 204 g/mol. The maximum absolute atomic E-state index is 11.6. The van der Waals surface area contributed by atoms with E-state index in [0.29, 0.717) is 0 Å². The van der Waals surface area contributed by atoms with Crippen molar-refractivity contribution in [1.29, 1.82) is 0 Å². The summed E-state index contributed by atoms with van der Waals surface area (Å²) in [4.78, 5) is 2.90. The third-order valence-electron chi connectivity index (χ3n) is 1.62. The molecule has 0 aromatic carbocycles. The second-order valence-corrected chi connectivity index (χ2v) is 5.03. The molecule has 0 atom stereocenters. The number of rotatable bonds is 4. The first-order valence-electron chi connectivity index (χ1n) is 3.68. The van der Waals surface area contributed by atoms with Crippen molar-refractivity contribution in [2.75, 3.05) is 28.2 Å². The maximum Gasteiger partial charge on any atom is 0.235 e. The highest BCUT2D eigenvalue weighted by molar-refractivity contribution is 7.98. The van der Waals surface area contributed by atoms with Crippen molar-refractivity contribution in [1.82, 2.24) is 9.80 Å². The molecular weight excluding hydrogens is 188 g/mol. The molecule has 0 heterocycles. The van der Waals surface area contributed by atoms with Gasteiger partial charge in [-0.15, -0.1) is 0 Å². The minimum absolute atomic E-state index is 0.0474. The minimum atomic E-state index is -3.47. The predicted octanol–water partition coefficient (Wildman–Crippen LogP) is 0.467. The standard InChI is InChI=1S/C8H16N2O2S/c1-7(9(3)4)13(11,12)8(2)10(5)6/h1-2H2,3-6H3. The molecule has 0 amide bonds. The summed E-state index contributed by atoms with van der Waals surface area (Å²) in [6.45, 7) is 6.96. The van der Waals surface area contributed by atoms with Crippen LogP contribution in [0.15, 0.2) is 23.2 Å². The van der Waals surface area contributed by atoms with Crippen molar-refractivity contribution >= 4 is 9.84 Å². The van der Waals surface area contributed by atoms with Crippen LogP contribution in [-0.2, 0) is 9.84 Å². The molecule has 0 aliphatic rings. The van der Waals surface area contributed by atoms with Crippen molar-refractivity contribution in [3.05, 3.63) is 23.2 Å². The number of hydrogen-bond donors (Lipinski definition) is 0. The van der Waals surface area contributed by atoms with Gasteiger partial charge in [-0.1, -0.05) is 13.2 Å². The Morgan fingerprint density at radius 2 is 1.15 bits per heavy atom. The molecule has 0 rings (SSSR count). The van der Waals surface area contributed by atoms with Gasteiger partial charge in [0.2, 0.25) is 9.84 Å². The van der Waals surface area contributed by atoms with Crippen LogP contribution in [0.2, 0.25) is 0 Å². The normalized spacial score (nSPS) is 10.8. The summed E-state index contributed by atoms with van der Waals surface area (Å²) in [6.07, 6.45) is 0. The molecule has 5 heteroatoms. The summed E-state index contributed by atoms with van der Waals surface area (Å²) in [5, 5.41) is 0.0948. The average Bonchev–Trinajstić information content (AvgIpc) is 2.01. The molecule has 0 aliphatic heterocycles. The third-order valence-corrected chi connectivity index (χ3v) is 3.59. The summed E-state index contributed by atoms with van der Waals surface area (Å²) in [5.41, 5.74) is 0. The van der Waals surface area contributed by atoms with Crippen LogP contribution in [0.25, 0.3) is 0 Å². The molecule has 0 saturated heterocycles. The fourth-order valence-corrected chi connectivity index (χ4v) is 1.85. The number of nitrogens with zero attached hydrogens (tertiary/aromatic N) is 2. The largest absolute Gasteiger partial charge is 0.369 e. The fraction of sp³-hybridized carbons (Fsp3) is 0.500. The first-order chi connectivity index (χ1) is 5.71. The topological polar surface area (TPSA) is 40.6 Å². The Labute approximate surface area is 80.1 Å². The van der Waals surface area contributed by atoms with Gasteiger partial charge in [0.15, 0.2) is 0 Å². The molecule has 0 saturated carbocycles. The second-order valence-electron chi connectivity index (χ2n) is 3.08. The summed E-state index contributed by atoms with van der Waals surface area (Å²) in [6, 6.07) is 0. The van der Waals surface area contributed by atoms with Crippen molar-refractivity contribution in [2.45, 2.75) is 0 Å². The highest BCUT2D eigenvalue weighted by atomic mass is 32.2. The first kappa shape index (κ1) is 12.0. The van der Waals surface area contributed by atoms with Crippen LogP contribution in [0.1, 0.15) is 0 Å². The molecule has 0 aromatic rings. The SMILES string of the molecule is C=C(N(C)C)S(=O)(=O)C(=C)N(C)C. The van der Waals surface area contributed by atoms with E-state index in [1.54, 1.807) is 28.2 Å². The molecule has 13 heavy (non-hydrogen) atoms. The van der Waals surface area contributed by atoms with E-state index < -0.39 is 9.84 Å². The molecule has 0 aliphatic carbocycles. The van der Waals surface area contributed by atoms with E-state index in [-0.39, 0.29) is 10.1 Å². The first-order valence-corrected chi connectivity index (χ1v) is 5.17. The quantitative estimate of drug-likeness (QED) is 0.667. The van der Waals surface area contributed by atoms with Crippen LogP contribution in [0.5, 0.6) is 0 Å². The molecule has 0 N–H and O–H groups in total. The lowest BCUT2D eigenvalue weighted by Crippen LogP contribution is -2.25. The Bertz CT molecular complexity index is 289. The molecule has 0 radical (unpaired) electrons. The lowest BCUT2D eigenvalue weighted by Gasteiger charge is -2.20. The van der Waals surface area contributed by atoms with Crippen LogP contribution in [0.4, 0.5) is 0 Å². The molecule has 0 aromatic heterocycles. The van der Waals surface area contributed by atoms with Gasteiger partial charge in [0, 0.05) is 28.2 Å². The van der Waals surface area contributed by atoms with Gasteiger partial charge in [-0.3, -0.25) is 0 Å². The zero-order valence-corrected chi connectivity index (χ0v) is 9.35. The Balaban J connectivity index is 5.01. The van der Waals surface area contributed by atoms with E-state index in [1.807, 2.05) is 0 Å². The van der Waals surface area contributed by atoms with E-state index in [2.05, 4.69) is 13.2 Å². The summed E-state index contributed by atoms with van der Waals surface area (Å²) >= 11 is 0. The smallest absolute Gasteiger partial charge is 0.235 e. The van der Waals surface area contributed by atoms with E-state index in [9.17, 15) is 8.42 Å². The Morgan fingerprint density at radius 1 is 0.923 bits per heavy atom.